The van der Waals surface area contributed by atoms with Crippen LogP contribution in [0.3, 0.4) is 0 Å². The van der Waals surface area contributed by atoms with Crippen molar-refractivity contribution in [2.75, 3.05) is 31.2 Å². The van der Waals surface area contributed by atoms with E-state index in [4.69, 9.17) is 9.26 Å². The first-order valence-corrected chi connectivity index (χ1v) is 5.95. The molecule has 0 spiro atoms. The minimum absolute atomic E-state index is 0.0492. The van der Waals surface area contributed by atoms with Gasteiger partial charge in [0.05, 0.1) is 19.8 Å². The highest BCUT2D eigenvalue weighted by Gasteiger charge is 2.18. The fourth-order valence-electron chi connectivity index (χ4n) is 1.55. The summed E-state index contributed by atoms with van der Waals surface area (Å²) in [6, 6.07) is 0. The highest BCUT2D eigenvalue weighted by molar-refractivity contribution is 5.27. The molecule has 0 radical (unpaired) electrons. The van der Waals surface area contributed by atoms with E-state index in [0.717, 1.165) is 26.3 Å². The van der Waals surface area contributed by atoms with Crippen molar-refractivity contribution in [3.8, 4) is 0 Å². The van der Waals surface area contributed by atoms with Gasteiger partial charge in [0.1, 0.15) is 0 Å². The van der Waals surface area contributed by atoms with Gasteiger partial charge in [-0.15, -0.1) is 0 Å². The number of aromatic nitrogens is 2. The highest BCUT2D eigenvalue weighted by atomic mass is 16.5. The van der Waals surface area contributed by atoms with Crippen LogP contribution in [0.1, 0.15) is 26.7 Å². The minimum atomic E-state index is 0.0492. The molecule has 1 aliphatic rings. The Morgan fingerprint density at radius 2 is 2.00 bits per heavy atom. The Morgan fingerprint density at radius 1 is 1.29 bits per heavy atom. The first kappa shape index (κ1) is 12.3. The smallest absolute Gasteiger partial charge is 0.266 e. The van der Waals surface area contributed by atoms with Gasteiger partial charge < -0.3 is 19.5 Å². The molecule has 1 N–H and O–H groups in total. The lowest BCUT2D eigenvalue weighted by atomic mass is 10.1. The van der Waals surface area contributed by atoms with E-state index in [1.807, 2.05) is 0 Å². The number of hydrogen-bond acceptors (Lipinski definition) is 6. The average molecular weight is 240 g/mol. The summed E-state index contributed by atoms with van der Waals surface area (Å²) in [5, 5.41) is 7.30. The van der Waals surface area contributed by atoms with Gasteiger partial charge in [-0.25, -0.2) is 0 Å². The standard InChI is InChI=1S/C11H20N4O2/c1-11(2,3)12-8-9-13-10(14-17-9)15-4-6-16-7-5-15/h12H,4-8H2,1-3H3. The first-order valence-electron chi connectivity index (χ1n) is 5.95. The Bertz CT molecular complexity index is 353. The van der Waals surface area contributed by atoms with Crippen LogP contribution in [0.4, 0.5) is 5.95 Å². The van der Waals surface area contributed by atoms with Crippen molar-refractivity contribution in [2.24, 2.45) is 0 Å². The third-order valence-electron chi connectivity index (χ3n) is 2.52. The molecule has 0 aliphatic carbocycles. The van der Waals surface area contributed by atoms with Gasteiger partial charge in [-0.3, -0.25) is 0 Å². The third kappa shape index (κ3) is 3.67. The second-order valence-electron chi connectivity index (χ2n) is 5.19. The predicted octanol–water partition coefficient (Wildman–Crippen LogP) is 0.794. The van der Waals surface area contributed by atoms with Crippen molar-refractivity contribution >= 4 is 5.95 Å². The zero-order valence-electron chi connectivity index (χ0n) is 10.7. The molecule has 0 aromatic carbocycles. The van der Waals surface area contributed by atoms with Crippen molar-refractivity contribution in [1.29, 1.82) is 0 Å². The summed E-state index contributed by atoms with van der Waals surface area (Å²) in [6.07, 6.45) is 0. The lowest BCUT2D eigenvalue weighted by Crippen LogP contribution is -2.37. The van der Waals surface area contributed by atoms with Crippen LogP contribution in [-0.2, 0) is 11.3 Å². The highest BCUT2D eigenvalue weighted by Crippen LogP contribution is 2.11. The zero-order chi connectivity index (χ0) is 12.3. The maximum atomic E-state index is 5.28. The lowest BCUT2D eigenvalue weighted by molar-refractivity contribution is 0.121. The molecular weight excluding hydrogens is 220 g/mol. The van der Waals surface area contributed by atoms with Crippen LogP contribution in [0.5, 0.6) is 0 Å². The van der Waals surface area contributed by atoms with Gasteiger partial charge in [0, 0.05) is 18.6 Å². The molecule has 1 aromatic heterocycles. The molecule has 2 heterocycles. The Hall–Kier alpha value is -1.14. The molecule has 1 saturated heterocycles. The number of rotatable bonds is 3. The van der Waals surface area contributed by atoms with E-state index in [1.54, 1.807) is 0 Å². The number of morpholine rings is 1. The number of anilines is 1. The van der Waals surface area contributed by atoms with Crippen LogP contribution in [0, 0.1) is 0 Å². The van der Waals surface area contributed by atoms with Crippen molar-refractivity contribution in [3.05, 3.63) is 5.89 Å². The third-order valence-corrected chi connectivity index (χ3v) is 2.52. The summed E-state index contributed by atoms with van der Waals surface area (Å²) < 4.78 is 10.5. The summed E-state index contributed by atoms with van der Waals surface area (Å²) in [7, 11) is 0. The largest absolute Gasteiger partial charge is 0.378 e. The maximum absolute atomic E-state index is 5.28. The lowest BCUT2D eigenvalue weighted by Gasteiger charge is -2.24. The molecule has 17 heavy (non-hydrogen) atoms. The number of nitrogens with zero attached hydrogens (tertiary/aromatic N) is 3. The monoisotopic (exact) mass is 240 g/mol. The Labute approximate surface area is 101 Å². The second kappa shape index (κ2) is 5.01. The van der Waals surface area contributed by atoms with Gasteiger partial charge in [-0.2, -0.15) is 4.98 Å². The van der Waals surface area contributed by atoms with E-state index >= 15 is 0 Å². The molecule has 2 rings (SSSR count). The average Bonchev–Trinajstić information content (AvgIpc) is 2.75. The van der Waals surface area contributed by atoms with Crippen LogP contribution in [0.2, 0.25) is 0 Å². The molecule has 0 amide bonds. The van der Waals surface area contributed by atoms with Crippen molar-refractivity contribution in [1.82, 2.24) is 15.5 Å². The normalized spacial score (nSPS) is 17.5. The predicted molar refractivity (Wildman–Crippen MR) is 63.9 cm³/mol. The van der Waals surface area contributed by atoms with Gasteiger partial charge in [0.15, 0.2) is 0 Å². The fraction of sp³-hybridized carbons (Fsp3) is 0.818. The second-order valence-corrected chi connectivity index (χ2v) is 5.19. The molecular formula is C11H20N4O2. The molecule has 1 fully saturated rings. The van der Waals surface area contributed by atoms with E-state index < -0.39 is 0 Å². The Kier molecular flexibility index (Phi) is 3.63. The summed E-state index contributed by atoms with van der Waals surface area (Å²) in [5.41, 5.74) is 0.0492. The number of ether oxygens (including phenoxy) is 1. The fourth-order valence-corrected chi connectivity index (χ4v) is 1.55. The SMILES string of the molecule is CC(C)(C)NCc1nc(N2CCOCC2)no1. The van der Waals surface area contributed by atoms with Crippen LogP contribution in [-0.4, -0.2) is 42.0 Å². The first-order chi connectivity index (χ1) is 8.04. The van der Waals surface area contributed by atoms with Gasteiger partial charge >= 0.3 is 0 Å². The molecule has 1 aliphatic heterocycles. The molecule has 0 saturated carbocycles. The van der Waals surface area contributed by atoms with E-state index in [9.17, 15) is 0 Å². The Morgan fingerprint density at radius 3 is 2.65 bits per heavy atom. The molecule has 6 nitrogen and oxygen atoms in total. The van der Waals surface area contributed by atoms with Gasteiger partial charge in [-0.1, -0.05) is 0 Å². The van der Waals surface area contributed by atoms with Crippen LogP contribution in [0.25, 0.3) is 0 Å². The topological polar surface area (TPSA) is 63.4 Å². The van der Waals surface area contributed by atoms with Gasteiger partial charge in [0.25, 0.3) is 5.95 Å². The maximum Gasteiger partial charge on any atom is 0.266 e. The summed E-state index contributed by atoms with van der Waals surface area (Å²) in [6.45, 7) is 10.0. The molecule has 6 heteroatoms. The quantitative estimate of drug-likeness (QED) is 0.843. The molecule has 0 unspecified atom stereocenters. The van der Waals surface area contributed by atoms with E-state index in [-0.39, 0.29) is 5.54 Å². The number of hydrogen-bond donors (Lipinski definition) is 1. The van der Waals surface area contributed by atoms with Crippen LogP contribution >= 0.6 is 0 Å². The van der Waals surface area contributed by atoms with Crippen LogP contribution < -0.4 is 10.2 Å². The molecule has 1 aromatic rings. The number of nitrogens with one attached hydrogen (secondary N) is 1. The van der Waals surface area contributed by atoms with Crippen molar-refractivity contribution < 1.29 is 9.26 Å². The van der Waals surface area contributed by atoms with Crippen molar-refractivity contribution in [3.63, 3.8) is 0 Å². The molecule has 0 bridgehead atoms. The van der Waals surface area contributed by atoms with E-state index in [0.29, 0.717) is 18.4 Å². The van der Waals surface area contributed by atoms with Gasteiger partial charge in [-0.05, 0) is 25.9 Å². The van der Waals surface area contributed by atoms with Gasteiger partial charge in [0.2, 0.25) is 5.89 Å². The Balaban J connectivity index is 1.91. The summed E-state index contributed by atoms with van der Waals surface area (Å²) in [4.78, 5) is 6.44. The minimum Gasteiger partial charge on any atom is -0.378 e. The van der Waals surface area contributed by atoms with E-state index in [1.165, 1.54) is 0 Å². The molecule has 0 atom stereocenters. The zero-order valence-corrected chi connectivity index (χ0v) is 10.7. The summed E-state index contributed by atoms with van der Waals surface area (Å²) in [5.74, 6) is 1.29. The van der Waals surface area contributed by atoms with Crippen molar-refractivity contribution in [2.45, 2.75) is 32.9 Å². The molecule has 96 valence electrons. The van der Waals surface area contributed by atoms with E-state index in [2.05, 4.69) is 41.1 Å². The van der Waals surface area contributed by atoms with Crippen LogP contribution in [0.15, 0.2) is 4.52 Å². The summed E-state index contributed by atoms with van der Waals surface area (Å²) >= 11 is 0.